The first-order valence-corrected chi connectivity index (χ1v) is 6.16. The Morgan fingerprint density at radius 2 is 2.29 bits per heavy atom. The summed E-state index contributed by atoms with van der Waals surface area (Å²) in [5, 5.41) is 22.4. The molecule has 1 saturated heterocycles. The number of ether oxygens (including phenoxy) is 1. The van der Waals surface area contributed by atoms with E-state index in [2.05, 4.69) is 5.32 Å². The fourth-order valence-corrected chi connectivity index (χ4v) is 1.91. The molecule has 1 fully saturated rings. The van der Waals surface area contributed by atoms with E-state index in [1.54, 1.807) is 0 Å². The van der Waals surface area contributed by atoms with E-state index in [0.717, 1.165) is 6.07 Å². The summed E-state index contributed by atoms with van der Waals surface area (Å²) in [6, 6.07) is 3.22. The summed E-state index contributed by atoms with van der Waals surface area (Å²) < 4.78 is 5.29. The first-order chi connectivity index (χ1) is 9.99. The number of nitro benzene ring substituents is 1. The van der Waals surface area contributed by atoms with Gasteiger partial charge in [-0.3, -0.25) is 10.1 Å². The molecule has 0 atom stereocenters. The van der Waals surface area contributed by atoms with Gasteiger partial charge in [-0.25, -0.2) is 9.59 Å². The van der Waals surface area contributed by atoms with Gasteiger partial charge in [-0.2, -0.15) is 0 Å². The molecule has 1 aliphatic heterocycles. The lowest BCUT2D eigenvalue weighted by atomic mass is 10.2. The summed E-state index contributed by atoms with van der Waals surface area (Å²) in [5.41, 5.74) is -0.603. The van der Waals surface area contributed by atoms with Crippen LogP contribution in [-0.2, 0) is 0 Å². The maximum atomic E-state index is 11.3. The smallest absolute Gasteiger partial charge is 0.335 e. The zero-order valence-corrected chi connectivity index (χ0v) is 10.9. The number of hydrogen-bond donors (Lipinski definition) is 2. The van der Waals surface area contributed by atoms with Gasteiger partial charge in [-0.1, -0.05) is 0 Å². The maximum absolute atomic E-state index is 11.3. The van der Waals surface area contributed by atoms with Crippen LogP contribution in [0.2, 0.25) is 0 Å². The van der Waals surface area contributed by atoms with Crippen LogP contribution in [-0.4, -0.2) is 53.2 Å². The van der Waals surface area contributed by atoms with Crippen LogP contribution in [0.5, 0.6) is 5.75 Å². The van der Waals surface area contributed by atoms with Gasteiger partial charge < -0.3 is 20.1 Å². The molecular formula is C12H13N3O6. The number of carbonyl (C=O) groups is 2. The van der Waals surface area contributed by atoms with Crippen LogP contribution in [0, 0.1) is 10.1 Å². The molecule has 9 nitrogen and oxygen atoms in total. The Labute approximate surface area is 119 Å². The molecule has 0 bridgehead atoms. The van der Waals surface area contributed by atoms with Gasteiger partial charge >= 0.3 is 17.7 Å². The predicted molar refractivity (Wildman–Crippen MR) is 70.5 cm³/mol. The summed E-state index contributed by atoms with van der Waals surface area (Å²) >= 11 is 0. The fourth-order valence-electron chi connectivity index (χ4n) is 1.91. The minimum Gasteiger partial charge on any atom is -0.485 e. The molecule has 0 aliphatic carbocycles. The molecule has 0 saturated carbocycles. The molecule has 0 radical (unpaired) electrons. The highest BCUT2D eigenvalue weighted by atomic mass is 16.6. The van der Waals surface area contributed by atoms with Gasteiger partial charge in [0.1, 0.15) is 6.61 Å². The first kappa shape index (κ1) is 14.6. The molecular weight excluding hydrogens is 282 g/mol. The number of nitro groups is 1. The Bertz CT molecular complexity index is 588. The molecule has 9 heteroatoms. The lowest BCUT2D eigenvalue weighted by molar-refractivity contribution is -0.385. The summed E-state index contributed by atoms with van der Waals surface area (Å²) in [4.78, 5) is 33.8. The van der Waals surface area contributed by atoms with Crippen molar-refractivity contribution in [3.8, 4) is 5.75 Å². The van der Waals surface area contributed by atoms with Gasteiger partial charge in [0.25, 0.3) is 0 Å². The Morgan fingerprint density at radius 1 is 1.52 bits per heavy atom. The van der Waals surface area contributed by atoms with E-state index < -0.39 is 16.6 Å². The van der Waals surface area contributed by atoms with Crippen molar-refractivity contribution in [1.29, 1.82) is 0 Å². The molecule has 1 aromatic carbocycles. The summed E-state index contributed by atoms with van der Waals surface area (Å²) in [7, 11) is 0. The van der Waals surface area contributed by atoms with Crippen LogP contribution < -0.4 is 10.1 Å². The van der Waals surface area contributed by atoms with Crippen molar-refractivity contribution in [3.05, 3.63) is 33.9 Å². The molecule has 0 spiro atoms. The van der Waals surface area contributed by atoms with Crippen LogP contribution >= 0.6 is 0 Å². The van der Waals surface area contributed by atoms with E-state index in [0.29, 0.717) is 19.6 Å². The highest BCUT2D eigenvalue weighted by molar-refractivity contribution is 5.88. The number of nitrogens with zero attached hydrogens (tertiary/aromatic N) is 2. The second-order valence-electron chi connectivity index (χ2n) is 4.31. The second-order valence-corrected chi connectivity index (χ2v) is 4.31. The van der Waals surface area contributed by atoms with Gasteiger partial charge in [0.2, 0.25) is 0 Å². The summed E-state index contributed by atoms with van der Waals surface area (Å²) in [6.07, 6.45) is 0. The van der Waals surface area contributed by atoms with E-state index in [1.165, 1.54) is 17.0 Å². The zero-order valence-electron chi connectivity index (χ0n) is 10.9. The second kappa shape index (κ2) is 6.07. The highest BCUT2D eigenvalue weighted by Gasteiger charge is 2.21. The van der Waals surface area contributed by atoms with Crippen LogP contribution in [0.25, 0.3) is 0 Å². The fraction of sp³-hybridized carbons (Fsp3) is 0.333. The SMILES string of the molecule is O=C(O)c1ccc(OCCN2CCNC2=O)c([N+](=O)[O-])c1. The van der Waals surface area contributed by atoms with Crippen molar-refractivity contribution in [2.45, 2.75) is 0 Å². The largest absolute Gasteiger partial charge is 0.485 e. The number of hydrogen-bond acceptors (Lipinski definition) is 5. The number of aromatic carboxylic acids is 1. The molecule has 0 unspecified atom stereocenters. The number of amides is 2. The molecule has 2 rings (SSSR count). The van der Waals surface area contributed by atoms with Crippen molar-refractivity contribution < 1.29 is 24.4 Å². The monoisotopic (exact) mass is 295 g/mol. The van der Waals surface area contributed by atoms with Crippen LogP contribution in [0.15, 0.2) is 18.2 Å². The molecule has 0 aromatic heterocycles. The number of carboxylic acids is 1. The topological polar surface area (TPSA) is 122 Å². The normalized spacial score (nSPS) is 13.9. The van der Waals surface area contributed by atoms with Crippen molar-refractivity contribution in [3.63, 3.8) is 0 Å². The van der Waals surface area contributed by atoms with Crippen molar-refractivity contribution in [2.24, 2.45) is 0 Å². The Balaban J connectivity index is 2.03. The van der Waals surface area contributed by atoms with E-state index in [9.17, 15) is 19.7 Å². The highest BCUT2D eigenvalue weighted by Crippen LogP contribution is 2.28. The minimum absolute atomic E-state index is 0.0235. The summed E-state index contributed by atoms with van der Waals surface area (Å²) in [5.74, 6) is -1.28. The van der Waals surface area contributed by atoms with Gasteiger partial charge in [-0.15, -0.1) is 0 Å². The van der Waals surface area contributed by atoms with Crippen molar-refractivity contribution >= 4 is 17.7 Å². The van der Waals surface area contributed by atoms with Crippen molar-refractivity contribution in [1.82, 2.24) is 10.2 Å². The van der Waals surface area contributed by atoms with E-state index in [-0.39, 0.29) is 24.0 Å². The molecule has 2 N–H and O–H groups in total. The van der Waals surface area contributed by atoms with Crippen LogP contribution in [0.3, 0.4) is 0 Å². The number of urea groups is 1. The third-order valence-corrected chi connectivity index (χ3v) is 2.97. The van der Waals surface area contributed by atoms with Crippen LogP contribution in [0.4, 0.5) is 10.5 Å². The lowest BCUT2D eigenvalue weighted by Gasteiger charge is -2.14. The van der Waals surface area contributed by atoms with Gasteiger partial charge in [0.05, 0.1) is 17.0 Å². The molecule has 21 heavy (non-hydrogen) atoms. The molecule has 1 aromatic rings. The predicted octanol–water partition coefficient (Wildman–Crippen LogP) is 0.697. The average Bonchev–Trinajstić information content (AvgIpc) is 2.84. The van der Waals surface area contributed by atoms with Crippen molar-refractivity contribution in [2.75, 3.05) is 26.2 Å². The average molecular weight is 295 g/mol. The Morgan fingerprint density at radius 3 is 2.86 bits per heavy atom. The van der Waals surface area contributed by atoms with Crippen LogP contribution in [0.1, 0.15) is 10.4 Å². The summed E-state index contributed by atoms with van der Waals surface area (Å²) in [6.45, 7) is 1.50. The zero-order chi connectivity index (χ0) is 15.4. The third-order valence-electron chi connectivity index (χ3n) is 2.97. The van der Waals surface area contributed by atoms with E-state index in [4.69, 9.17) is 9.84 Å². The molecule has 112 valence electrons. The number of carbonyl (C=O) groups excluding carboxylic acids is 1. The lowest BCUT2D eigenvalue weighted by Crippen LogP contribution is -2.31. The van der Waals surface area contributed by atoms with E-state index >= 15 is 0 Å². The quantitative estimate of drug-likeness (QED) is 0.588. The third kappa shape index (κ3) is 3.38. The van der Waals surface area contributed by atoms with E-state index in [1.807, 2.05) is 0 Å². The molecule has 2 amide bonds. The Hall–Kier alpha value is -2.84. The van der Waals surface area contributed by atoms with Gasteiger partial charge in [-0.05, 0) is 12.1 Å². The number of benzene rings is 1. The Kier molecular flexibility index (Phi) is 4.21. The number of carboxylic acid groups (broad SMARTS) is 1. The minimum atomic E-state index is -1.25. The number of rotatable bonds is 6. The molecule has 1 aliphatic rings. The van der Waals surface area contributed by atoms with Gasteiger partial charge in [0, 0.05) is 19.2 Å². The first-order valence-electron chi connectivity index (χ1n) is 6.16. The number of nitrogens with one attached hydrogen (secondary N) is 1. The standard InChI is InChI=1S/C12H13N3O6/c16-11(17)8-1-2-10(9(7-8)15(19)20)21-6-5-14-4-3-13-12(14)18/h1-2,7H,3-6H2,(H,13,18)(H,16,17). The van der Waals surface area contributed by atoms with Gasteiger partial charge in [0.15, 0.2) is 5.75 Å². The maximum Gasteiger partial charge on any atom is 0.335 e. The molecule has 1 heterocycles.